The van der Waals surface area contributed by atoms with Crippen LogP contribution in [0.1, 0.15) is 12.7 Å². The number of nitrogens with zero attached hydrogens (tertiary/aromatic N) is 3. The molecule has 4 N–H and O–H groups in total. The molecule has 0 spiro atoms. The van der Waals surface area contributed by atoms with Crippen LogP contribution >= 0.6 is 0 Å². The first kappa shape index (κ1) is 9.17. The molecule has 13 heavy (non-hydrogen) atoms. The summed E-state index contributed by atoms with van der Waals surface area (Å²) in [6.45, 7) is 3.04. The van der Waals surface area contributed by atoms with Gasteiger partial charge in [-0.15, -0.1) is 0 Å². The van der Waals surface area contributed by atoms with Crippen LogP contribution in [0.15, 0.2) is 0 Å². The Morgan fingerprint density at radius 2 is 2.08 bits per heavy atom. The molecule has 0 saturated heterocycles. The fourth-order valence-corrected chi connectivity index (χ4v) is 0.702. The van der Waals surface area contributed by atoms with Gasteiger partial charge < -0.3 is 5.73 Å². The number of carbonyl (C=O) groups excluding carboxylic acids is 1. The van der Waals surface area contributed by atoms with Crippen molar-refractivity contribution in [2.24, 2.45) is 0 Å². The third-order valence-electron chi connectivity index (χ3n) is 1.11. The molecule has 7 heteroatoms. The Hall–Kier alpha value is -1.92. The van der Waals surface area contributed by atoms with Crippen molar-refractivity contribution >= 4 is 17.8 Å². The number of aryl methyl sites for hydroxylation is 1. The largest absolute Gasteiger partial charge is 0.368 e. The number of carbonyl (C=O) groups is 1. The number of rotatable bonds is 2. The highest BCUT2D eigenvalue weighted by Gasteiger charge is 1.99. The summed E-state index contributed by atoms with van der Waals surface area (Å²) in [5.74, 6) is 0.581. The second-order valence-corrected chi connectivity index (χ2v) is 2.37. The highest BCUT2D eigenvalue weighted by atomic mass is 16.2. The summed E-state index contributed by atoms with van der Waals surface area (Å²) in [7, 11) is 0. The minimum Gasteiger partial charge on any atom is -0.368 e. The molecular formula is C6H10N6O. The third-order valence-corrected chi connectivity index (χ3v) is 1.11. The minimum atomic E-state index is -0.239. The van der Waals surface area contributed by atoms with Crippen molar-refractivity contribution in [2.45, 2.75) is 13.8 Å². The van der Waals surface area contributed by atoms with Crippen molar-refractivity contribution in [1.29, 1.82) is 0 Å². The number of hydrogen-bond acceptors (Lipinski definition) is 6. The van der Waals surface area contributed by atoms with Gasteiger partial charge in [0.15, 0.2) is 0 Å². The molecule has 0 atom stereocenters. The highest BCUT2D eigenvalue weighted by molar-refractivity contribution is 5.73. The average Bonchev–Trinajstić information content (AvgIpc) is 1.99. The fourth-order valence-electron chi connectivity index (χ4n) is 0.702. The van der Waals surface area contributed by atoms with Crippen molar-refractivity contribution in [2.75, 3.05) is 11.2 Å². The number of hydrogen-bond donors (Lipinski definition) is 3. The predicted molar refractivity (Wildman–Crippen MR) is 46.4 cm³/mol. The number of nitrogens with one attached hydrogen (secondary N) is 2. The number of amides is 1. The van der Waals surface area contributed by atoms with Gasteiger partial charge in [-0.25, -0.2) is 0 Å². The molecule has 0 unspecified atom stereocenters. The summed E-state index contributed by atoms with van der Waals surface area (Å²) in [5, 5.41) is 0. The molecule has 70 valence electrons. The Balaban J connectivity index is 2.71. The lowest BCUT2D eigenvalue weighted by Gasteiger charge is -2.04. The van der Waals surface area contributed by atoms with Crippen LogP contribution in [0.3, 0.4) is 0 Å². The summed E-state index contributed by atoms with van der Waals surface area (Å²) >= 11 is 0. The number of anilines is 2. The van der Waals surface area contributed by atoms with E-state index in [1.54, 1.807) is 6.92 Å². The fraction of sp³-hybridized carbons (Fsp3) is 0.333. The summed E-state index contributed by atoms with van der Waals surface area (Å²) in [6, 6.07) is 0. The first-order valence-electron chi connectivity index (χ1n) is 3.58. The lowest BCUT2D eigenvalue weighted by Crippen LogP contribution is -2.28. The summed E-state index contributed by atoms with van der Waals surface area (Å²) in [4.78, 5) is 21.9. The summed E-state index contributed by atoms with van der Waals surface area (Å²) in [5.41, 5.74) is 10.2. The number of nitrogens with two attached hydrogens (primary N) is 1. The molecule has 1 heterocycles. The molecule has 0 aromatic carbocycles. The molecule has 0 bridgehead atoms. The van der Waals surface area contributed by atoms with Crippen molar-refractivity contribution in [1.82, 2.24) is 20.4 Å². The Morgan fingerprint density at radius 1 is 1.38 bits per heavy atom. The van der Waals surface area contributed by atoms with E-state index in [2.05, 4.69) is 25.8 Å². The predicted octanol–water partition coefficient (Wildman–Crippen LogP) is -0.775. The number of aromatic nitrogens is 3. The zero-order chi connectivity index (χ0) is 9.84. The van der Waals surface area contributed by atoms with Crippen LogP contribution in [0.2, 0.25) is 0 Å². The molecule has 7 nitrogen and oxygen atoms in total. The van der Waals surface area contributed by atoms with Gasteiger partial charge in [0, 0.05) is 6.92 Å². The van der Waals surface area contributed by atoms with E-state index in [9.17, 15) is 4.79 Å². The van der Waals surface area contributed by atoms with Gasteiger partial charge in [0.05, 0.1) is 0 Å². The second kappa shape index (κ2) is 3.65. The minimum absolute atomic E-state index is 0.111. The molecule has 0 saturated carbocycles. The van der Waals surface area contributed by atoms with Gasteiger partial charge in [-0.05, 0) is 6.92 Å². The van der Waals surface area contributed by atoms with Gasteiger partial charge in [0.25, 0.3) is 0 Å². The van der Waals surface area contributed by atoms with E-state index < -0.39 is 0 Å². The molecule has 0 aliphatic heterocycles. The van der Waals surface area contributed by atoms with Gasteiger partial charge in [0.2, 0.25) is 17.8 Å². The Labute approximate surface area is 74.8 Å². The molecule has 0 radical (unpaired) electrons. The van der Waals surface area contributed by atoms with E-state index in [-0.39, 0.29) is 17.8 Å². The van der Waals surface area contributed by atoms with E-state index >= 15 is 0 Å². The van der Waals surface area contributed by atoms with Gasteiger partial charge in [-0.3, -0.25) is 15.6 Å². The topological polar surface area (TPSA) is 106 Å². The van der Waals surface area contributed by atoms with Crippen LogP contribution < -0.4 is 16.6 Å². The second-order valence-electron chi connectivity index (χ2n) is 2.37. The highest BCUT2D eigenvalue weighted by Crippen LogP contribution is 1.99. The molecule has 0 fully saturated rings. The van der Waals surface area contributed by atoms with Crippen LogP contribution in [-0.4, -0.2) is 20.9 Å². The van der Waals surface area contributed by atoms with Crippen LogP contribution in [0, 0.1) is 6.92 Å². The lowest BCUT2D eigenvalue weighted by atomic mass is 10.7. The van der Waals surface area contributed by atoms with Crippen LogP contribution in [-0.2, 0) is 4.79 Å². The monoisotopic (exact) mass is 182 g/mol. The van der Waals surface area contributed by atoms with Crippen molar-refractivity contribution < 1.29 is 4.79 Å². The van der Waals surface area contributed by atoms with Gasteiger partial charge >= 0.3 is 0 Å². The molecule has 0 aliphatic carbocycles. The van der Waals surface area contributed by atoms with Gasteiger partial charge in [-0.2, -0.15) is 15.0 Å². The lowest BCUT2D eigenvalue weighted by molar-refractivity contribution is -0.118. The number of hydrazine groups is 1. The van der Waals surface area contributed by atoms with E-state index in [0.29, 0.717) is 5.82 Å². The zero-order valence-electron chi connectivity index (χ0n) is 7.33. The van der Waals surface area contributed by atoms with Crippen LogP contribution in [0.5, 0.6) is 0 Å². The molecular weight excluding hydrogens is 172 g/mol. The third kappa shape index (κ3) is 2.89. The molecule has 1 aromatic rings. The van der Waals surface area contributed by atoms with Crippen molar-refractivity contribution in [3.63, 3.8) is 0 Å². The van der Waals surface area contributed by atoms with E-state index in [4.69, 9.17) is 5.73 Å². The van der Waals surface area contributed by atoms with E-state index in [1.165, 1.54) is 6.92 Å². The molecule has 1 rings (SSSR count). The summed E-state index contributed by atoms with van der Waals surface area (Å²) in [6.07, 6.45) is 0. The molecule has 1 amide bonds. The molecule has 1 aromatic heterocycles. The maximum absolute atomic E-state index is 10.5. The molecule has 0 aliphatic rings. The maximum Gasteiger partial charge on any atom is 0.246 e. The summed E-state index contributed by atoms with van der Waals surface area (Å²) < 4.78 is 0. The SMILES string of the molecule is CC(=O)NNc1nc(C)nc(N)n1. The standard InChI is InChI=1S/C6H10N6O/c1-3-8-5(7)10-6(9-3)12-11-4(2)13/h1-2H3,(H,11,13)(H3,7,8,9,10,12). The first-order valence-corrected chi connectivity index (χ1v) is 3.58. The average molecular weight is 182 g/mol. The quantitative estimate of drug-likeness (QED) is 0.518. The Morgan fingerprint density at radius 3 is 2.62 bits per heavy atom. The van der Waals surface area contributed by atoms with Gasteiger partial charge in [0.1, 0.15) is 5.82 Å². The van der Waals surface area contributed by atoms with Crippen molar-refractivity contribution in [3.8, 4) is 0 Å². The first-order chi connectivity index (χ1) is 6.08. The smallest absolute Gasteiger partial charge is 0.246 e. The van der Waals surface area contributed by atoms with Crippen LogP contribution in [0.4, 0.5) is 11.9 Å². The van der Waals surface area contributed by atoms with Crippen LogP contribution in [0.25, 0.3) is 0 Å². The van der Waals surface area contributed by atoms with E-state index in [1.807, 2.05) is 0 Å². The Kier molecular flexibility index (Phi) is 2.58. The van der Waals surface area contributed by atoms with Crippen molar-refractivity contribution in [3.05, 3.63) is 5.82 Å². The van der Waals surface area contributed by atoms with E-state index in [0.717, 1.165) is 0 Å². The zero-order valence-corrected chi connectivity index (χ0v) is 7.33. The Bertz CT molecular complexity index is 305. The normalized spacial score (nSPS) is 9.38. The maximum atomic E-state index is 10.5. The number of nitrogen functional groups attached to an aromatic ring is 1. The van der Waals surface area contributed by atoms with Gasteiger partial charge in [-0.1, -0.05) is 0 Å².